The van der Waals surface area contributed by atoms with Gasteiger partial charge in [0.15, 0.2) is 0 Å². The zero-order chi connectivity index (χ0) is 8.84. The van der Waals surface area contributed by atoms with Crippen LogP contribution in [0.15, 0.2) is 24.3 Å². The Kier molecular flexibility index (Phi) is 1.27. The van der Waals surface area contributed by atoms with E-state index in [4.69, 9.17) is 0 Å². The number of carbonyl (C=O) groups is 1. The van der Waals surface area contributed by atoms with Gasteiger partial charge >= 0.3 is 0 Å². The van der Waals surface area contributed by atoms with Crippen LogP contribution in [0.5, 0.6) is 0 Å². The van der Waals surface area contributed by atoms with E-state index in [1.807, 2.05) is 18.2 Å². The number of carbonyl (C=O) groups excluding carboxylic acids is 1. The van der Waals surface area contributed by atoms with Crippen molar-refractivity contribution in [2.45, 2.75) is 6.54 Å². The van der Waals surface area contributed by atoms with Crippen molar-refractivity contribution in [3.63, 3.8) is 0 Å². The van der Waals surface area contributed by atoms with E-state index in [0.717, 1.165) is 10.9 Å². The number of fused-ring (bicyclic) bond motifs is 3. The maximum absolute atomic E-state index is 11.4. The highest BCUT2D eigenvalue weighted by molar-refractivity contribution is 7.19. The summed E-state index contributed by atoms with van der Waals surface area (Å²) in [6.45, 7) is 0.702. The normalized spacial score (nSPS) is 14.6. The van der Waals surface area contributed by atoms with Crippen molar-refractivity contribution in [3.05, 3.63) is 34.7 Å². The van der Waals surface area contributed by atoms with Crippen LogP contribution in [0.3, 0.4) is 0 Å². The van der Waals surface area contributed by atoms with Gasteiger partial charge in [-0.3, -0.25) is 4.79 Å². The molecule has 13 heavy (non-hydrogen) atoms. The molecule has 1 aliphatic heterocycles. The fourth-order valence-electron chi connectivity index (χ4n) is 1.72. The lowest BCUT2D eigenvalue weighted by atomic mass is 10.1. The van der Waals surface area contributed by atoms with Gasteiger partial charge in [0.2, 0.25) is 0 Å². The molecule has 64 valence electrons. The van der Waals surface area contributed by atoms with E-state index in [1.54, 1.807) is 11.3 Å². The fourth-order valence-corrected chi connectivity index (χ4v) is 2.86. The van der Waals surface area contributed by atoms with Crippen LogP contribution in [0, 0.1) is 0 Å². The van der Waals surface area contributed by atoms with Crippen LogP contribution in [0.2, 0.25) is 0 Å². The van der Waals surface area contributed by atoms with Crippen molar-refractivity contribution in [1.29, 1.82) is 0 Å². The summed E-state index contributed by atoms with van der Waals surface area (Å²) in [6, 6.07) is 8.05. The minimum Gasteiger partial charge on any atom is -0.347 e. The number of benzene rings is 1. The standard InChI is InChI=1S/C10H7NOS/c12-10-9-6-3-1-2-4-7(6)13-8(9)5-11-10/h1-4H,5H2,(H,11,12). The third-order valence-corrected chi connectivity index (χ3v) is 3.48. The van der Waals surface area contributed by atoms with Crippen LogP contribution in [0.25, 0.3) is 10.1 Å². The summed E-state index contributed by atoms with van der Waals surface area (Å²) in [6.07, 6.45) is 0. The molecule has 1 aromatic heterocycles. The summed E-state index contributed by atoms with van der Waals surface area (Å²) in [5.41, 5.74) is 0.889. The average molecular weight is 189 g/mol. The van der Waals surface area contributed by atoms with Gasteiger partial charge in [-0.25, -0.2) is 0 Å². The van der Waals surface area contributed by atoms with E-state index in [0.29, 0.717) is 6.54 Å². The zero-order valence-corrected chi connectivity index (χ0v) is 7.65. The molecule has 2 heterocycles. The van der Waals surface area contributed by atoms with Crippen LogP contribution < -0.4 is 5.32 Å². The predicted octanol–water partition coefficient (Wildman–Crippen LogP) is 2.14. The number of nitrogens with one attached hydrogen (secondary N) is 1. The summed E-state index contributed by atoms with van der Waals surface area (Å²) in [5.74, 6) is 0.0763. The molecule has 1 N–H and O–H groups in total. The van der Waals surface area contributed by atoms with Gasteiger partial charge in [0.25, 0.3) is 5.91 Å². The minimum atomic E-state index is 0.0763. The highest BCUT2D eigenvalue weighted by Crippen LogP contribution is 2.33. The molecule has 0 radical (unpaired) electrons. The molecule has 3 heteroatoms. The highest BCUT2D eigenvalue weighted by Gasteiger charge is 2.23. The minimum absolute atomic E-state index is 0.0763. The lowest BCUT2D eigenvalue weighted by Crippen LogP contribution is -2.12. The third-order valence-electron chi connectivity index (χ3n) is 2.30. The first kappa shape index (κ1) is 7.09. The smallest absolute Gasteiger partial charge is 0.253 e. The quantitative estimate of drug-likeness (QED) is 0.676. The van der Waals surface area contributed by atoms with Gasteiger partial charge in [0.1, 0.15) is 0 Å². The van der Waals surface area contributed by atoms with Crippen molar-refractivity contribution in [1.82, 2.24) is 5.32 Å². The van der Waals surface area contributed by atoms with E-state index >= 15 is 0 Å². The van der Waals surface area contributed by atoms with Crippen LogP contribution in [-0.2, 0) is 6.54 Å². The largest absolute Gasteiger partial charge is 0.347 e. The molecular formula is C10H7NOS. The number of hydrogen-bond acceptors (Lipinski definition) is 2. The maximum atomic E-state index is 11.4. The SMILES string of the molecule is O=C1NCc2sc3ccccc3c21. The van der Waals surface area contributed by atoms with Crippen molar-refractivity contribution < 1.29 is 4.79 Å². The lowest BCUT2D eigenvalue weighted by molar-refractivity contribution is 0.0967. The van der Waals surface area contributed by atoms with Crippen molar-refractivity contribution in [3.8, 4) is 0 Å². The van der Waals surface area contributed by atoms with Crippen LogP contribution in [0.1, 0.15) is 15.2 Å². The predicted molar refractivity (Wildman–Crippen MR) is 53.0 cm³/mol. The first-order chi connectivity index (χ1) is 6.36. The molecule has 0 fully saturated rings. The molecule has 1 aromatic carbocycles. The van der Waals surface area contributed by atoms with Gasteiger partial charge in [-0.15, -0.1) is 11.3 Å². The summed E-state index contributed by atoms with van der Waals surface area (Å²) in [5, 5.41) is 3.92. The molecule has 0 unspecified atom stereocenters. The Labute approximate surface area is 79.2 Å². The maximum Gasteiger partial charge on any atom is 0.253 e. The second-order valence-electron chi connectivity index (χ2n) is 3.08. The van der Waals surface area contributed by atoms with Crippen LogP contribution >= 0.6 is 11.3 Å². The van der Waals surface area contributed by atoms with E-state index in [1.165, 1.54) is 9.58 Å². The average Bonchev–Trinajstić information content (AvgIpc) is 2.66. The monoisotopic (exact) mass is 189 g/mol. The summed E-state index contributed by atoms with van der Waals surface area (Å²) < 4.78 is 1.21. The molecule has 0 saturated heterocycles. The van der Waals surface area contributed by atoms with Gasteiger partial charge in [-0.1, -0.05) is 18.2 Å². The number of hydrogen-bond donors (Lipinski definition) is 1. The van der Waals surface area contributed by atoms with Gasteiger partial charge in [0.05, 0.1) is 12.1 Å². The van der Waals surface area contributed by atoms with Gasteiger partial charge < -0.3 is 5.32 Å². The lowest BCUT2D eigenvalue weighted by Gasteiger charge is -1.92. The van der Waals surface area contributed by atoms with Gasteiger partial charge in [0, 0.05) is 15.0 Å². The van der Waals surface area contributed by atoms with Gasteiger partial charge in [-0.05, 0) is 6.07 Å². The van der Waals surface area contributed by atoms with Crippen LogP contribution in [0.4, 0.5) is 0 Å². The molecule has 1 amide bonds. The number of rotatable bonds is 0. The Balaban J connectivity index is 2.46. The second-order valence-corrected chi connectivity index (χ2v) is 4.22. The Hall–Kier alpha value is -1.35. The topological polar surface area (TPSA) is 29.1 Å². The highest BCUT2D eigenvalue weighted by atomic mass is 32.1. The second kappa shape index (κ2) is 2.33. The van der Waals surface area contributed by atoms with E-state index in [-0.39, 0.29) is 5.91 Å². The number of amides is 1. The van der Waals surface area contributed by atoms with E-state index in [2.05, 4.69) is 11.4 Å². The Morgan fingerprint density at radius 2 is 2.15 bits per heavy atom. The Morgan fingerprint density at radius 3 is 3.08 bits per heavy atom. The molecule has 2 nitrogen and oxygen atoms in total. The third kappa shape index (κ3) is 0.848. The molecule has 0 atom stereocenters. The Bertz CT molecular complexity index is 501. The van der Waals surface area contributed by atoms with Crippen molar-refractivity contribution in [2.24, 2.45) is 0 Å². The fraction of sp³-hybridized carbons (Fsp3) is 0.100. The summed E-state index contributed by atoms with van der Waals surface area (Å²) in [4.78, 5) is 12.6. The number of thiophene rings is 1. The molecule has 0 saturated carbocycles. The Morgan fingerprint density at radius 1 is 1.31 bits per heavy atom. The van der Waals surface area contributed by atoms with Crippen LogP contribution in [-0.4, -0.2) is 5.91 Å². The van der Waals surface area contributed by atoms with Crippen molar-refractivity contribution in [2.75, 3.05) is 0 Å². The molecule has 2 aromatic rings. The molecular weight excluding hydrogens is 182 g/mol. The molecule has 0 bridgehead atoms. The molecule has 0 spiro atoms. The van der Waals surface area contributed by atoms with Crippen molar-refractivity contribution >= 4 is 27.3 Å². The van der Waals surface area contributed by atoms with E-state index < -0.39 is 0 Å². The summed E-state index contributed by atoms with van der Waals surface area (Å²) in [7, 11) is 0. The van der Waals surface area contributed by atoms with E-state index in [9.17, 15) is 4.79 Å². The summed E-state index contributed by atoms with van der Waals surface area (Å²) >= 11 is 1.71. The zero-order valence-electron chi connectivity index (χ0n) is 6.83. The molecule has 0 aliphatic carbocycles. The first-order valence-electron chi connectivity index (χ1n) is 4.15. The molecule has 3 rings (SSSR count). The molecule has 1 aliphatic rings. The first-order valence-corrected chi connectivity index (χ1v) is 4.96. The van der Waals surface area contributed by atoms with Gasteiger partial charge in [-0.2, -0.15) is 0 Å².